The van der Waals surface area contributed by atoms with E-state index in [2.05, 4.69) is 9.97 Å². The lowest BCUT2D eigenvalue weighted by Crippen LogP contribution is -2.42. The van der Waals surface area contributed by atoms with Crippen LogP contribution in [0.15, 0.2) is 11.2 Å². The minimum Gasteiger partial charge on any atom is -0.349 e. The van der Waals surface area contributed by atoms with Gasteiger partial charge < -0.3 is 9.88 Å². The summed E-state index contributed by atoms with van der Waals surface area (Å²) in [6, 6.07) is 0. The van der Waals surface area contributed by atoms with Crippen molar-refractivity contribution < 1.29 is 13.2 Å². The Morgan fingerprint density at radius 2 is 2.05 bits per heavy atom. The van der Waals surface area contributed by atoms with E-state index in [1.165, 1.54) is 10.5 Å². The van der Waals surface area contributed by atoms with E-state index in [1.807, 2.05) is 6.92 Å². The van der Waals surface area contributed by atoms with Gasteiger partial charge in [-0.1, -0.05) is 6.92 Å². The average molecular weight is 314 g/mol. The number of H-pyrrole nitrogens is 1. The summed E-state index contributed by atoms with van der Waals surface area (Å²) in [6.07, 6.45) is 3.15. The fourth-order valence-electron chi connectivity index (χ4n) is 2.50. The fourth-order valence-corrected chi connectivity index (χ4v) is 3.90. The van der Waals surface area contributed by atoms with Gasteiger partial charge in [-0.3, -0.25) is 4.79 Å². The third kappa shape index (κ3) is 3.26. The van der Waals surface area contributed by atoms with Gasteiger partial charge in [-0.15, -0.1) is 0 Å². The lowest BCUT2D eigenvalue weighted by molar-refractivity contribution is -0.134. The highest BCUT2D eigenvalue weighted by Gasteiger charge is 2.33. The second-order valence-corrected chi connectivity index (χ2v) is 7.37. The second kappa shape index (κ2) is 6.15. The van der Waals surface area contributed by atoms with Crippen molar-refractivity contribution >= 4 is 15.9 Å². The number of aromatic nitrogens is 2. The number of sulfonamides is 1. The van der Waals surface area contributed by atoms with E-state index in [9.17, 15) is 13.2 Å². The Morgan fingerprint density at radius 1 is 1.43 bits per heavy atom. The normalized spacial score (nSPS) is 17.9. The van der Waals surface area contributed by atoms with E-state index in [0.29, 0.717) is 38.2 Å². The first-order chi connectivity index (χ1) is 9.86. The highest BCUT2D eigenvalue weighted by Crippen LogP contribution is 2.24. The molecule has 2 heterocycles. The SMILES string of the molecule is CCc1ncc(S(=O)(=O)N2CCC(C(=O)N(C)C)CC2)[nH]1. The Balaban J connectivity index is 2.06. The average Bonchev–Trinajstić information content (AvgIpc) is 2.96. The van der Waals surface area contributed by atoms with Crippen molar-refractivity contribution in [3.8, 4) is 0 Å². The fraction of sp³-hybridized carbons (Fsp3) is 0.692. The molecule has 1 saturated heterocycles. The molecule has 0 spiro atoms. The topological polar surface area (TPSA) is 86.4 Å². The van der Waals surface area contributed by atoms with Crippen LogP contribution >= 0.6 is 0 Å². The summed E-state index contributed by atoms with van der Waals surface area (Å²) >= 11 is 0. The maximum absolute atomic E-state index is 12.5. The lowest BCUT2D eigenvalue weighted by Gasteiger charge is -2.31. The minimum atomic E-state index is -3.53. The van der Waals surface area contributed by atoms with Crippen LogP contribution in [-0.4, -0.2) is 60.7 Å². The third-order valence-corrected chi connectivity index (χ3v) is 5.61. The Labute approximate surface area is 125 Å². The number of rotatable bonds is 4. The number of aromatic amines is 1. The number of nitrogens with zero attached hydrogens (tertiary/aromatic N) is 3. The van der Waals surface area contributed by atoms with Gasteiger partial charge in [0.1, 0.15) is 5.82 Å². The van der Waals surface area contributed by atoms with Crippen molar-refractivity contribution in [1.82, 2.24) is 19.2 Å². The monoisotopic (exact) mass is 314 g/mol. The van der Waals surface area contributed by atoms with Gasteiger partial charge >= 0.3 is 0 Å². The van der Waals surface area contributed by atoms with E-state index in [1.54, 1.807) is 19.0 Å². The summed E-state index contributed by atoms with van der Waals surface area (Å²) < 4.78 is 26.4. The van der Waals surface area contributed by atoms with Crippen molar-refractivity contribution in [2.75, 3.05) is 27.2 Å². The van der Waals surface area contributed by atoms with Crippen LogP contribution in [0.4, 0.5) is 0 Å². The Hall–Kier alpha value is -1.41. The summed E-state index contributed by atoms with van der Waals surface area (Å²) in [4.78, 5) is 20.4. The molecule has 21 heavy (non-hydrogen) atoms. The molecule has 1 aromatic rings. The molecule has 0 aromatic carbocycles. The number of hydrogen-bond donors (Lipinski definition) is 1. The van der Waals surface area contributed by atoms with Gasteiger partial charge in [-0.25, -0.2) is 13.4 Å². The first kappa shape index (κ1) is 16.0. The van der Waals surface area contributed by atoms with Crippen LogP contribution in [-0.2, 0) is 21.2 Å². The molecule has 0 unspecified atom stereocenters. The van der Waals surface area contributed by atoms with Crippen LogP contribution in [0.1, 0.15) is 25.6 Å². The molecule has 118 valence electrons. The lowest BCUT2D eigenvalue weighted by atomic mass is 9.97. The van der Waals surface area contributed by atoms with Crippen molar-refractivity contribution in [2.45, 2.75) is 31.2 Å². The molecule has 0 saturated carbocycles. The van der Waals surface area contributed by atoms with Crippen LogP contribution in [0.25, 0.3) is 0 Å². The summed E-state index contributed by atoms with van der Waals surface area (Å²) in [5.41, 5.74) is 0. The number of hydrogen-bond acceptors (Lipinski definition) is 4. The highest BCUT2D eigenvalue weighted by molar-refractivity contribution is 7.89. The van der Waals surface area contributed by atoms with Gasteiger partial charge in [0.15, 0.2) is 5.03 Å². The zero-order chi connectivity index (χ0) is 15.6. The van der Waals surface area contributed by atoms with Gasteiger partial charge in [0, 0.05) is 39.5 Å². The first-order valence-corrected chi connectivity index (χ1v) is 8.55. The quantitative estimate of drug-likeness (QED) is 0.875. The van der Waals surface area contributed by atoms with Gasteiger partial charge in [0.05, 0.1) is 6.20 Å². The molecule has 1 aliphatic heterocycles. The number of carbonyl (C=O) groups excluding carboxylic acids is 1. The summed E-state index contributed by atoms with van der Waals surface area (Å²) in [5.74, 6) is 0.646. The predicted octanol–water partition coefficient (Wildman–Crippen LogP) is 0.461. The highest BCUT2D eigenvalue weighted by atomic mass is 32.2. The van der Waals surface area contributed by atoms with Gasteiger partial charge in [0.25, 0.3) is 10.0 Å². The zero-order valence-corrected chi connectivity index (χ0v) is 13.5. The second-order valence-electron chi connectivity index (χ2n) is 5.46. The van der Waals surface area contributed by atoms with Gasteiger partial charge in [-0.05, 0) is 12.8 Å². The van der Waals surface area contributed by atoms with Crippen molar-refractivity contribution in [3.63, 3.8) is 0 Å². The molecule has 1 fully saturated rings. The predicted molar refractivity (Wildman–Crippen MR) is 78.1 cm³/mol. The van der Waals surface area contributed by atoms with Gasteiger partial charge in [-0.2, -0.15) is 4.31 Å². The molecule has 0 atom stereocenters. The maximum atomic E-state index is 12.5. The van der Waals surface area contributed by atoms with Crippen LogP contribution in [0.5, 0.6) is 0 Å². The Morgan fingerprint density at radius 3 is 2.52 bits per heavy atom. The Bertz CT molecular complexity index is 601. The van der Waals surface area contributed by atoms with E-state index < -0.39 is 10.0 Å². The van der Waals surface area contributed by atoms with E-state index in [0.717, 1.165) is 0 Å². The molecular weight excluding hydrogens is 292 g/mol. The molecule has 0 bridgehead atoms. The van der Waals surface area contributed by atoms with E-state index in [4.69, 9.17) is 0 Å². The molecule has 1 aromatic heterocycles. The molecule has 1 N–H and O–H groups in total. The molecule has 0 radical (unpaired) electrons. The molecule has 0 aliphatic carbocycles. The van der Waals surface area contributed by atoms with Crippen LogP contribution in [0.2, 0.25) is 0 Å². The van der Waals surface area contributed by atoms with Crippen LogP contribution < -0.4 is 0 Å². The molecule has 1 aliphatic rings. The number of piperidine rings is 1. The van der Waals surface area contributed by atoms with Crippen molar-refractivity contribution in [1.29, 1.82) is 0 Å². The number of amides is 1. The number of aryl methyl sites for hydroxylation is 1. The molecule has 8 heteroatoms. The summed E-state index contributed by atoms with van der Waals surface area (Å²) in [5, 5.41) is 0.136. The number of nitrogens with one attached hydrogen (secondary N) is 1. The van der Waals surface area contributed by atoms with Crippen molar-refractivity contribution in [2.24, 2.45) is 5.92 Å². The minimum absolute atomic E-state index is 0.0712. The largest absolute Gasteiger partial charge is 0.349 e. The summed E-state index contributed by atoms with van der Waals surface area (Å²) in [7, 11) is -0.0812. The van der Waals surface area contributed by atoms with Crippen LogP contribution in [0.3, 0.4) is 0 Å². The number of imidazole rings is 1. The van der Waals surface area contributed by atoms with Crippen molar-refractivity contribution in [3.05, 3.63) is 12.0 Å². The Kier molecular flexibility index (Phi) is 4.67. The smallest absolute Gasteiger partial charge is 0.260 e. The standard InChI is InChI=1S/C13H22N4O3S/c1-4-11-14-9-12(15-11)21(19,20)17-7-5-10(6-8-17)13(18)16(2)3/h9-10H,4-8H2,1-3H3,(H,14,15). The third-order valence-electron chi connectivity index (χ3n) is 3.80. The van der Waals surface area contributed by atoms with E-state index >= 15 is 0 Å². The van der Waals surface area contributed by atoms with Crippen LogP contribution in [0, 0.1) is 5.92 Å². The molecule has 1 amide bonds. The van der Waals surface area contributed by atoms with Gasteiger partial charge in [0.2, 0.25) is 5.91 Å². The number of carbonyl (C=O) groups is 1. The zero-order valence-electron chi connectivity index (χ0n) is 12.7. The summed E-state index contributed by atoms with van der Waals surface area (Å²) in [6.45, 7) is 2.65. The maximum Gasteiger partial charge on any atom is 0.260 e. The molecular formula is C13H22N4O3S. The molecule has 2 rings (SSSR count). The first-order valence-electron chi connectivity index (χ1n) is 7.11. The molecule has 7 nitrogen and oxygen atoms in total. The van der Waals surface area contributed by atoms with E-state index in [-0.39, 0.29) is 16.9 Å².